The molecule has 1 aliphatic rings. The highest BCUT2D eigenvalue weighted by molar-refractivity contribution is 4.99. The van der Waals surface area contributed by atoms with Gasteiger partial charge < -0.3 is 10.3 Å². The van der Waals surface area contributed by atoms with Gasteiger partial charge in [-0.15, -0.1) is 0 Å². The Kier molecular flexibility index (Phi) is 5.42. The summed E-state index contributed by atoms with van der Waals surface area (Å²) in [6, 6.07) is 0. The summed E-state index contributed by atoms with van der Waals surface area (Å²) in [5.74, 6) is 3.44. The molecule has 21 heavy (non-hydrogen) atoms. The minimum Gasteiger partial charge on any atom is -0.339 e. The van der Waals surface area contributed by atoms with Gasteiger partial charge in [-0.25, -0.2) is 0 Å². The van der Waals surface area contributed by atoms with E-state index in [1.165, 1.54) is 25.7 Å². The third kappa shape index (κ3) is 4.29. The van der Waals surface area contributed by atoms with E-state index in [2.05, 4.69) is 37.8 Å². The van der Waals surface area contributed by atoms with Crippen molar-refractivity contribution in [3.8, 4) is 0 Å². The van der Waals surface area contributed by atoms with Gasteiger partial charge in [-0.1, -0.05) is 39.3 Å². The second kappa shape index (κ2) is 6.91. The minimum absolute atomic E-state index is 0.420. The Morgan fingerprint density at radius 3 is 2.43 bits per heavy atom. The topological polar surface area (TPSA) is 64.9 Å². The van der Waals surface area contributed by atoms with E-state index in [-0.39, 0.29) is 0 Å². The zero-order chi connectivity index (χ0) is 15.5. The predicted octanol–water partition coefficient (Wildman–Crippen LogP) is 3.92. The Balaban J connectivity index is 1.91. The van der Waals surface area contributed by atoms with Gasteiger partial charge in [-0.2, -0.15) is 4.98 Å². The Hall–Kier alpha value is -0.900. The number of nitrogens with two attached hydrogens (primary N) is 1. The van der Waals surface area contributed by atoms with Gasteiger partial charge in [0.05, 0.1) is 0 Å². The van der Waals surface area contributed by atoms with E-state index in [9.17, 15) is 0 Å². The van der Waals surface area contributed by atoms with Crippen LogP contribution in [0.15, 0.2) is 4.52 Å². The zero-order valence-electron chi connectivity index (χ0n) is 14.1. The fourth-order valence-electron chi connectivity index (χ4n) is 3.38. The van der Waals surface area contributed by atoms with Crippen LogP contribution in [0.3, 0.4) is 0 Å². The third-order valence-electron chi connectivity index (χ3n) is 5.17. The van der Waals surface area contributed by atoms with Crippen molar-refractivity contribution in [1.29, 1.82) is 0 Å². The van der Waals surface area contributed by atoms with Crippen molar-refractivity contribution in [2.24, 2.45) is 23.0 Å². The molecule has 1 fully saturated rings. The second-order valence-electron chi connectivity index (χ2n) is 7.67. The SMILES string of the molecule is CCC(CN)Cc1nc(C2CCC(C(C)(C)C)CC2)no1. The summed E-state index contributed by atoms with van der Waals surface area (Å²) in [5.41, 5.74) is 6.17. The van der Waals surface area contributed by atoms with Gasteiger partial charge in [-0.3, -0.25) is 0 Å². The molecule has 1 saturated carbocycles. The zero-order valence-corrected chi connectivity index (χ0v) is 14.1. The summed E-state index contributed by atoms with van der Waals surface area (Å²) in [6.07, 6.45) is 6.81. The molecule has 120 valence electrons. The fraction of sp³-hybridized carbons (Fsp3) is 0.882. The number of rotatable bonds is 5. The molecule has 1 aromatic heterocycles. The van der Waals surface area contributed by atoms with Crippen molar-refractivity contribution in [2.75, 3.05) is 6.54 Å². The Labute approximate surface area is 128 Å². The van der Waals surface area contributed by atoms with Crippen LogP contribution in [0, 0.1) is 17.3 Å². The average Bonchev–Trinajstić information content (AvgIpc) is 2.92. The number of nitrogens with zero attached hydrogens (tertiary/aromatic N) is 2. The van der Waals surface area contributed by atoms with E-state index < -0.39 is 0 Å². The Bertz CT molecular complexity index is 423. The van der Waals surface area contributed by atoms with Crippen molar-refractivity contribution >= 4 is 0 Å². The maximum Gasteiger partial charge on any atom is 0.226 e. The van der Waals surface area contributed by atoms with E-state index in [1.807, 2.05) is 0 Å². The monoisotopic (exact) mass is 293 g/mol. The molecule has 1 heterocycles. The molecule has 2 N–H and O–H groups in total. The van der Waals surface area contributed by atoms with E-state index in [0.717, 1.165) is 30.5 Å². The van der Waals surface area contributed by atoms with Crippen LogP contribution >= 0.6 is 0 Å². The Morgan fingerprint density at radius 2 is 1.90 bits per heavy atom. The molecule has 4 nitrogen and oxygen atoms in total. The van der Waals surface area contributed by atoms with Gasteiger partial charge in [0.25, 0.3) is 0 Å². The lowest BCUT2D eigenvalue weighted by Gasteiger charge is -2.36. The van der Waals surface area contributed by atoms with Crippen molar-refractivity contribution in [2.45, 2.75) is 72.1 Å². The molecule has 4 heteroatoms. The van der Waals surface area contributed by atoms with Crippen LogP contribution in [0.4, 0.5) is 0 Å². The Morgan fingerprint density at radius 1 is 1.24 bits per heavy atom. The van der Waals surface area contributed by atoms with E-state index >= 15 is 0 Å². The summed E-state index contributed by atoms with van der Waals surface area (Å²) in [4.78, 5) is 4.62. The highest BCUT2D eigenvalue weighted by Gasteiger charge is 2.32. The van der Waals surface area contributed by atoms with Gasteiger partial charge in [0.2, 0.25) is 5.89 Å². The van der Waals surface area contributed by atoms with Crippen molar-refractivity contribution in [3.05, 3.63) is 11.7 Å². The van der Waals surface area contributed by atoms with Gasteiger partial charge in [0.1, 0.15) is 0 Å². The van der Waals surface area contributed by atoms with Crippen LogP contribution in [0.2, 0.25) is 0 Å². The molecule has 1 aromatic rings. The molecule has 1 unspecified atom stereocenters. The lowest BCUT2D eigenvalue weighted by molar-refractivity contribution is 0.166. The summed E-state index contributed by atoms with van der Waals surface area (Å²) >= 11 is 0. The van der Waals surface area contributed by atoms with Crippen LogP contribution in [0.1, 0.15) is 77.4 Å². The fourth-order valence-corrected chi connectivity index (χ4v) is 3.38. The molecule has 1 aliphatic carbocycles. The van der Waals surface area contributed by atoms with Gasteiger partial charge in [-0.05, 0) is 49.5 Å². The van der Waals surface area contributed by atoms with Gasteiger partial charge in [0.15, 0.2) is 5.82 Å². The van der Waals surface area contributed by atoms with Crippen molar-refractivity contribution in [1.82, 2.24) is 10.1 Å². The number of hydrogen-bond donors (Lipinski definition) is 1. The first-order chi connectivity index (χ1) is 9.94. The molecule has 0 aromatic carbocycles. The molecule has 0 amide bonds. The maximum absolute atomic E-state index is 5.75. The molecule has 0 bridgehead atoms. The van der Waals surface area contributed by atoms with Crippen LogP contribution in [0.25, 0.3) is 0 Å². The largest absolute Gasteiger partial charge is 0.339 e. The predicted molar refractivity (Wildman–Crippen MR) is 85.0 cm³/mol. The van der Waals surface area contributed by atoms with Crippen molar-refractivity contribution in [3.63, 3.8) is 0 Å². The molecular formula is C17H31N3O. The molecule has 0 aliphatic heterocycles. The molecule has 0 saturated heterocycles. The molecule has 0 radical (unpaired) electrons. The van der Waals surface area contributed by atoms with Gasteiger partial charge in [0, 0.05) is 12.3 Å². The molecule has 0 spiro atoms. The van der Waals surface area contributed by atoms with Gasteiger partial charge >= 0.3 is 0 Å². The van der Waals surface area contributed by atoms with E-state index in [1.54, 1.807) is 0 Å². The number of aromatic nitrogens is 2. The minimum atomic E-state index is 0.420. The highest BCUT2D eigenvalue weighted by Crippen LogP contribution is 2.42. The maximum atomic E-state index is 5.75. The first-order valence-corrected chi connectivity index (χ1v) is 8.46. The first-order valence-electron chi connectivity index (χ1n) is 8.46. The lowest BCUT2D eigenvalue weighted by atomic mass is 9.70. The molecular weight excluding hydrogens is 262 g/mol. The second-order valence-corrected chi connectivity index (χ2v) is 7.67. The summed E-state index contributed by atoms with van der Waals surface area (Å²) in [6.45, 7) is 9.89. The third-order valence-corrected chi connectivity index (χ3v) is 5.17. The quantitative estimate of drug-likeness (QED) is 0.893. The molecule has 2 rings (SSSR count). The lowest BCUT2D eigenvalue weighted by Crippen LogP contribution is -2.25. The summed E-state index contributed by atoms with van der Waals surface area (Å²) < 4.78 is 5.43. The normalized spacial score (nSPS) is 25.0. The summed E-state index contributed by atoms with van der Waals surface area (Å²) in [7, 11) is 0. The van der Waals surface area contributed by atoms with E-state index in [4.69, 9.17) is 10.3 Å². The van der Waals surface area contributed by atoms with Crippen LogP contribution in [-0.4, -0.2) is 16.7 Å². The average molecular weight is 293 g/mol. The van der Waals surface area contributed by atoms with Crippen molar-refractivity contribution < 1.29 is 4.52 Å². The highest BCUT2D eigenvalue weighted by atomic mass is 16.5. The number of hydrogen-bond acceptors (Lipinski definition) is 4. The van der Waals surface area contributed by atoms with E-state index in [0.29, 0.717) is 23.8 Å². The first kappa shape index (κ1) is 16.5. The van der Waals surface area contributed by atoms with Crippen LogP contribution < -0.4 is 5.73 Å². The smallest absolute Gasteiger partial charge is 0.226 e. The molecule has 1 atom stereocenters. The van der Waals surface area contributed by atoms with Crippen LogP contribution in [-0.2, 0) is 6.42 Å². The standard InChI is InChI=1S/C17H31N3O/c1-5-12(11-18)10-15-19-16(20-21-15)13-6-8-14(9-7-13)17(2,3)4/h12-14H,5-11,18H2,1-4H3. The summed E-state index contributed by atoms with van der Waals surface area (Å²) in [5, 5.41) is 4.22. The van der Waals surface area contributed by atoms with Crippen LogP contribution in [0.5, 0.6) is 0 Å².